The van der Waals surface area contributed by atoms with Crippen LogP contribution in [0.25, 0.3) is 0 Å². The van der Waals surface area contributed by atoms with Gasteiger partial charge in [-0.15, -0.1) is 0 Å². The Hall–Kier alpha value is -0.820. The van der Waals surface area contributed by atoms with Gasteiger partial charge in [0.15, 0.2) is 23.8 Å². The summed E-state index contributed by atoms with van der Waals surface area (Å²) in [5, 5.41) is 19.7. The van der Waals surface area contributed by atoms with Crippen molar-refractivity contribution in [2.75, 3.05) is 55.4 Å². The quantitative estimate of drug-likeness (QED) is 0.335. The van der Waals surface area contributed by atoms with Gasteiger partial charge in [0.25, 0.3) is 0 Å². The third kappa shape index (κ3) is 14.4. The highest BCUT2D eigenvalue weighted by Gasteiger charge is 2.22. The van der Waals surface area contributed by atoms with Crippen LogP contribution in [-0.2, 0) is 9.59 Å². The van der Waals surface area contributed by atoms with Crippen LogP contribution >= 0.6 is 0 Å². The highest BCUT2D eigenvalue weighted by Crippen LogP contribution is 2.11. The van der Waals surface area contributed by atoms with E-state index in [1.54, 1.807) is 0 Å². The van der Waals surface area contributed by atoms with Crippen LogP contribution in [0.3, 0.4) is 0 Å². The lowest BCUT2D eigenvalue weighted by molar-refractivity contribution is -0.872. The molecule has 0 aliphatic heterocycles. The van der Waals surface area contributed by atoms with Crippen molar-refractivity contribution in [3.8, 4) is 0 Å². The summed E-state index contributed by atoms with van der Waals surface area (Å²) in [6.45, 7) is 0.902. The van der Waals surface area contributed by atoms with Crippen molar-refractivity contribution < 1.29 is 28.8 Å². The number of aliphatic hydroxyl groups is 2. The number of carbonyl (C=O) groups is 2. The summed E-state index contributed by atoms with van der Waals surface area (Å²) >= 11 is 0. The molecule has 0 radical (unpaired) electrons. The van der Waals surface area contributed by atoms with Crippen molar-refractivity contribution in [3.05, 3.63) is 0 Å². The Kier molecular flexibility index (Phi) is 11.4. The fraction of sp³-hybridized carbons (Fsp3) is 0.900. The average molecular weight is 375 g/mol. The maximum atomic E-state index is 11.9. The van der Waals surface area contributed by atoms with Crippen LogP contribution in [0.15, 0.2) is 0 Å². The topological polar surface area (TPSA) is 74.6 Å². The lowest BCUT2D eigenvalue weighted by atomic mass is 10.0. The van der Waals surface area contributed by atoms with E-state index >= 15 is 0 Å². The van der Waals surface area contributed by atoms with E-state index in [-0.39, 0.29) is 11.6 Å². The van der Waals surface area contributed by atoms with Gasteiger partial charge in [-0.25, -0.2) is 0 Å². The van der Waals surface area contributed by atoms with Gasteiger partial charge in [-0.1, -0.05) is 25.7 Å². The number of hydrogen-bond acceptors (Lipinski definition) is 4. The third-order valence-electron chi connectivity index (χ3n) is 4.28. The lowest BCUT2D eigenvalue weighted by Crippen LogP contribution is -2.44. The number of aliphatic hydroxyl groups excluding tert-OH is 2. The molecular formula is C20H42N2O4+2. The summed E-state index contributed by atoms with van der Waals surface area (Å²) in [5.41, 5.74) is 0. The minimum Gasteiger partial charge on any atom is -0.380 e. The molecule has 0 fully saturated rings. The van der Waals surface area contributed by atoms with Crippen LogP contribution < -0.4 is 0 Å². The number of carbonyl (C=O) groups excluding carboxylic acids is 2. The molecule has 0 aromatic rings. The first-order chi connectivity index (χ1) is 11.8. The summed E-state index contributed by atoms with van der Waals surface area (Å²) in [6, 6.07) is 0. The summed E-state index contributed by atoms with van der Waals surface area (Å²) < 4.78 is 1.16. The van der Waals surface area contributed by atoms with Gasteiger partial charge in [-0.3, -0.25) is 9.59 Å². The van der Waals surface area contributed by atoms with Crippen LogP contribution in [0.4, 0.5) is 0 Å². The fourth-order valence-corrected chi connectivity index (χ4v) is 2.88. The Bertz CT molecular complexity index is 385. The van der Waals surface area contributed by atoms with E-state index in [0.717, 1.165) is 38.5 Å². The summed E-state index contributed by atoms with van der Waals surface area (Å²) in [5.74, 6) is -0.121. The Morgan fingerprint density at radius 3 is 1.15 bits per heavy atom. The van der Waals surface area contributed by atoms with E-state index < -0.39 is 12.2 Å². The number of unbranched alkanes of at least 4 members (excludes halogenated alkanes) is 5. The van der Waals surface area contributed by atoms with E-state index in [1.165, 1.54) is 0 Å². The van der Waals surface area contributed by atoms with Gasteiger partial charge in [0.2, 0.25) is 0 Å². The SMILES string of the molecule is C[N+](C)(C)CC(O)C(=O)CCCCCCCCC(=O)C(O)C[N+](C)(C)C. The molecule has 6 heteroatoms. The number of likely N-dealkylation sites (N-methyl/N-ethyl adjacent to an activating group) is 2. The van der Waals surface area contributed by atoms with E-state index in [1.807, 2.05) is 42.3 Å². The Morgan fingerprint density at radius 2 is 0.885 bits per heavy atom. The van der Waals surface area contributed by atoms with Crippen molar-refractivity contribution in [3.63, 3.8) is 0 Å². The number of nitrogens with zero attached hydrogens (tertiary/aromatic N) is 2. The molecule has 26 heavy (non-hydrogen) atoms. The minimum absolute atomic E-state index is 0.0603. The molecule has 6 nitrogen and oxygen atoms in total. The second-order valence-electron chi connectivity index (χ2n) is 9.53. The zero-order valence-electron chi connectivity index (χ0n) is 17.8. The van der Waals surface area contributed by atoms with Gasteiger partial charge in [-0.05, 0) is 12.8 Å². The number of quaternary nitrogens is 2. The molecule has 0 aliphatic carbocycles. The highest BCUT2D eigenvalue weighted by molar-refractivity contribution is 5.83. The normalized spacial score (nSPS) is 14.9. The molecule has 0 saturated carbocycles. The molecule has 2 unspecified atom stereocenters. The van der Waals surface area contributed by atoms with Crippen molar-refractivity contribution in [1.29, 1.82) is 0 Å². The van der Waals surface area contributed by atoms with Gasteiger partial charge in [0.1, 0.15) is 13.1 Å². The highest BCUT2D eigenvalue weighted by atomic mass is 16.3. The van der Waals surface area contributed by atoms with E-state index in [0.29, 0.717) is 34.9 Å². The molecule has 0 bridgehead atoms. The number of rotatable bonds is 15. The minimum atomic E-state index is -0.862. The number of ketones is 2. The Labute approximate surface area is 160 Å². The van der Waals surface area contributed by atoms with Crippen LogP contribution in [-0.4, -0.2) is 98.3 Å². The summed E-state index contributed by atoms with van der Waals surface area (Å²) in [6.07, 6.45) is 4.80. The zero-order chi connectivity index (χ0) is 20.4. The van der Waals surface area contributed by atoms with Crippen LogP contribution in [0.2, 0.25) is 0 Å². The van der Waals surface area contributed by atoms with Crippen molar-refractivity contribution in [1.82, 2.24) is 0 Å². The predicted molar refractivity (Wildman–Crippen MR) is 105 cm³/mol. The van der Waals surface area contributed by atoms with Gasteiger partial charge in [-0.2, -0.15) is 0 Å². The molecule has 0 aliphatic rings. The van der Waals surface area contributed by atoms with Crippen molar-refractivity contribution >= 4 is 11.6 Å². The largest absolute Gasteiger partial charge is 0.380 e. The molecule has 0 rings (SSSR count). The Morgan fingerprint density at radius 1 is 0.615 bits per heavy atom. The second kappa shape index (κ2) is 11.8. The molecule has 0 heterocycles. The van der Waals surface area contributed by atoms with Crippen LogP contribution in [0.1, 0.15) is 51.4 Å². The Balaban J connectivity index is 3.68. The van der Waals surface area contributed by atoms with E-state index in [4.69, 9.17) is 0 Å². The molecule has 0 spiro atoms. The second-order valence-corrected chi connectivity index (χ2v) is 9.53. The maximum absolute atomic E-state index is 11.9. The van der Waals surface area contributed by atoms with Crippen molar-refractivity contribution in [2.45, 2.75) is 63.6 Å². The summed E-state index contributed by atoms with van der Waals surface area (Å²) in [7, 11) is 11.8. The van der Waals surface area contributed by atoms with Crippen LogP contribution in [0, 0.1) is 0 Å². The maximum Gasteiger partial charge on any atom is 0.167 e. The third-order valence-corrected chi connectivity index (χ3v) is 4.28. The standard InChI is InChI=1S/C20H42N2O4/c1-21(2,3)15-19(25)17(23)13-11-9-7-8-10-12-14-18(24)20(26)16-22(4,5)6/h19-20,25-26H,7-16H2,1-6H3/q+2. The first kappa shape index (κ1) is 25.2. The molecule has 154 valence electrons. The molecule has 0 aromatic carbocycles. The van der Waals surface area contributed by atoms with E-state index in [2.05, 4.69) is 0 Å². The summed E-state index contributed by atoms with van der Waals surface area (Å²) in [4.78, 5) is 23.7. The monoisotopic (exact) mass is 374 g/mol. The van der Waals surface area contributed by atoms with Gasteiger partial charge >= 0.3 is 0 Å². The van der Waals surface area contributed by atoms with E-state index in [9.17, 15) is 19.8 Å². The smallest absolute Gasteiger partial charge is 0.167 e. The van der Waals surface area contributed by atoms with Gasteiger partial charge < -0.3 is 19.2 Å². The number of Topliss-reactive ketones (excluding diaryl/α,β-unsaturated/α-hetero) is 2. The number of hydrogen-bond donors (Lipinski definition) is 2. The molecule has 0 aromatic heterocycles. The molecule has 2 N–H and O–H groups in total. The molecular weight excluding hydrogens is 332 g/mol. The average Bonchev–Trinajstić information content (AvgIpc) is 2.45. The predicted octanol–water partition coefficient (Wildman–Crippen LogP) is 1.38. The fourth-order valence-electron chi connectivity index (χ4n) is 2.88. The van der Waals surface area contributed by atoms with Gasteiger partial charge in [0, 0.05) is 12.8 Å². The molecule has 2 atom stereocenters. The first-order valence-corrected chi connectivity index (χ1v) is 9.84. The molecule has 0 amide bonds. The van der Waals surface area contributed by atoms with Crippen molar-refractivity contribution in [2.24, 2.45) is 0 Å². The molecule has 0 saturated heterocycles. The van der Waals surface area contributed by atoms with Crippen LogP contribution in [0.5, 0.6) is 0 Å². The van der Waals surface area contributed by atoms with Gasteiger partial charge in [0.05, 0.1) is 42.3 Å². The zero-order valence-corrected chi connectivity index (χ0v) is 17.8. The first-order valence-electron chi connectivity index (χ1n) is 9.84. The lowest BCUT2D eigenvalue weighted by Gasteiger charge is -2.26.